The Kier molecular flexibility index (Phi) is 2.65. The second-order valence-electron chi connectivity index (χ2n) is 4.40. The Hall–Kier alpha value is -1.85. The number of rotatable bonds is 4. The number of carboxylic acids is 1. The van der Waals surface area contributed by atoms with Gasteiger partial charge in [-0.05, 0) is 18.9 Å². The Morgan fingerprint density at radius 3 is 2.71 bits per heavy atom. The highest BCUT2D eigenvalue weighted by atomic mass is 16.5. The van der Waals surface area contributed by atoms with Crippen LogP contribution in [0.4, 0.5) is 0 Å². The van der Waals surface area contributed by atoms with Crippen molar-refractivity contribution in [3.63, 3.8) is 0 Å². The van der Waals surface area contributed by atoms with Crippen LogP contribution in [0.3, 0.4) is 0 Å². The zero-order valence-electron chi connectivity index (χ0n) is 9.77. The van der Waals surface area contributed by atoms with E-state index in [1.165, 1.54) is 11.8 Å². The van der Waals surface area contributed by atoms with Gasteiger partial charge in [-0.1, -0.05) is 0 Å². The number of esters is 1. The molecule has 0 radical (unpaired) electrons. The van der Waals surface area contributed by atoms with Crippen molar-refractivity contribution in [1.82, 2.24) is 9.78 Å². The topological polar surface area (TPSA) is 81.4 Å². The third kappa shape index (κ3) is 2.02. The molecule has 0 atom stereocenters. The van der Waals surface area contributed by atoms with Crippen LogP contribution in [0.5, 0.6) is 0 Å². The highest BCUT2D eigenvalue weighted by Gasteiger charge is 2.50. The molecule has 0 aliphatic heterocycles. The first-order valence-electron chi connectivity index (χ1n) is 5.33. The first-order chi connectivity index (χ1) is 7.98. The Morgan fingerprint density at radius 1 is 1.59 bits per heavy atom. The van der Waals surface area contributed by atoms with E-state index in [-0.39, 0.29) is 5.69 Å². The number of hydrogen-bond acceptors (Lipinski definition) is 4. The van der Waals surface area contributed by atoms with Gasteiger partial charge in [-0.25, -0.2) is 4.79 Å². The van der Waals surface area contributed by atoms with Crippen LogP contribution in [-0.4, -0.2) is 33.9 Å². The second kappa shape index (κ2) is 3.87. The van der Waals surface area contributed by atoms with Gasteiger partial charge in [0.25, 0.3) is 0 Å². The summed E-state index contributed by atoms with van der Waals surface area (Å²) in [5.41, 5.74) is 0.303. The van der Waals surface area contributed by atoms with Gasteiger partial charge in [0, 0.05) is 19.2 Å². The number of nitrogens with zero attached hydrogens (tertiary/aromatic N) is 2. The normalized spacial score (nSPS) is 16.6. The number of hydrogen-bond donors (Lipinski definition) is 1. The van der Waals surface area contributed by atoms with Gasteiger partial charge < -0.3 is 9.84 Å². The van der Waals surface area contributed by atoms with Crippen molar-refractivity contribution in [3.05, 3.63) is 17.5 Å². The molecule has 1 aliphatic rings. The molecule has 1 saturated carbocycles. The molecule has 0 unspecified atom stereocenters. The summed E-state index contributed by atoms with van der Waals surface area (Å²) in [6, 6.07) is 1.59. The smallest absolute Gasteiger partial charge is 0.358 e. The lowest BCUT2D eigenvalue weighted by Gasteiger charge is -2.08. The van der Waals surface area contributed by atoms with Crippen molar-refractivity contribution in [1.29, 1.82) is 0 Å². The fraction of sp³-hybridized carbons (Fsp3) is 0.545. The summed E-state index contributed by atoms with van der Waals surface area (Å²) in [6.07, 6.45) is 1.77. The molecule has 0 saturated heterocycles. The van der Waals surface area contributed by atoms with E-state index in [0.29, 0.717) is 19.3 Å². The van der Waals surface area contributed by atoms with Crippen molar-refractivity contribution < 1.29 is 19.4 Å². The number of aliphatic carboxylic acids is 1. The summed E-state index contributed by atoms with van der Waals surface area (Å²) in [7, 11) is 2.98. The van der Waals surface area contributed by atoms with E-state index in [9.17, 15) is 9.59 Å². The minimum Gasteiger partial charge on any atom is -0.481 e. The molecule has 0 bridgehead atoms. The van der Waals surface area contributed by atoms with Crippen LogP contribution in [-0.2, 0) is 23.0 Å². The standard InChI is InChI=1S/C11H14N2O4/c1-13-7(5-8(12-13)9(14)17-2)6-11(3-4-11)10(15)16/h5H,3-4,6H2,1-2H3,(H,15,16). The highest BCUT2D eigenvalue weighted by Crippen LogP contribution is 2.48. The van der Waals surface area contributed by atoms with Crippen LogP contribution < -0.4 is 0 Å². The molecule has 92 valence electrons. The number of aryl methyl sites for hydroxylation is 1. The van der Waals surface area contributed by atoms with E-state index in [4.69, 9.17) is 5.11 Å². The van der Waals surface area contributed by atoms with Gasteiger partial charge in [-0.15, -0.1) is 0 Å². The lowest BCUT2D eigenvalue weighted by Crippen LogP contribution is -2.19. The maximum Gasteiger partial charge on any atom is 0.358 e. The number of carbonyl (C=O) groups excluding carboxylic acids is 1. The van der Waals surface area contributed by atoms with Gasteiger partial charge in [0.15, 0.2) is 5.69 Å². The molecule has 1 aromatic rings. The molecule has 17 heavy (non-hydrogen) atoms. The number of carboxylic acid groups (broad SMARTS) is 1. The monoisotopic (exact) mass is 238 g/mol. The number of methoxy groups -OCH3 is 1. The van der Waals surface area contributed by atoms with E-state index in [2.05, 4.69) is 9.84 Å². The first kappa shape index (κ1) is 11.6. The third-order valence-electron chi connectivity index (χ3n) is 3.20. The van der Waals surface area contributed by atoms with E-state index >= 15 is 0 Å². The Balaban J connectivity index is 2.20. The molecular formula is C11H14N2O4. The van der Waals surface area contributed by atoms with Crippen molar-refractivity contribution >= 4 is 11.9 Å². The number of ether oxygens (including phenoxy) is 1. The minimum atomic E-state index is -0.779. The van der Waals surface area contributed by atoms with Crippen LogP contribution in [0.25, 0.3) is 0 Å². The summed E-state index contributed by atoms with van der Waals surface area (Å²) in [5, 5.41) is 13.1. The summed E-state index contributed by atoms with van der Waals surface area (Å²) in [6.45, 7) is 0. The second-order valence-corrected chi connectivity index (χ2v) is 4.40. The minimum absolute atomic E-state index is 0.214. The van der Waals surface area contributed by atoms with Gasteiger partial charge in [0.05, 0.1) is 12.5 Å². The SMILES string of the molecule is COC(=O)c1cc(CC2(C(=O)O)CC2)n(C)n1. The fourth-order valence-corrected chi connectivity index (χ4v) is 1.84. The van der Waals surface area contributed by atoms with Gasteiger partial charge in [0.1, 0.15) is 0 Å². The van der Waals surface area contributed by atoms with Gasteiger partial charge in [0.2, 0.25) is 0 Å². The van der Waals surface area contributed by atoms with Crippen molar-refractivity contribution in [3.8, 4) is 0 Å². The molecule has 6 nitrogen and oxygen atoms in total. The van der Waals surface area contributed by atoms with Crippen LogP contribution in [0.2, 0.25) is 0 Å². The van der Waals surface area contributed by atoms with Crippen LogP contribution in [0, 0.1) is 5.41 Å². The quantitative estimate of drug-likeness (QED) is 0.777. The molecule has 6 heteroatoms. The molecule has 0 spiro atoms. The molecule has 2 rings (SSSR count). The Labute approximate surface area is 98.2 Å². The fourth-order valence-electron chi connectivity index (χ4n) is 1.84. The molecule has 0 amide bonds. The summed E-state index contributed by atoms with van der Waals surface area (Å²) < 4.78 is 6.10. The predicted octanol–water partition coefficient (Wildman–Crippen LogP) is 0.614. The third-order valence-corrected chi connectivity index (χ3v) is 3.20. The first-order valence-corrected chi connectivity index (χ1v) is 5.33. The van der Waals surface area contributed by atoms with Gasteiger partial charge >= 0.3 is 11.9 Å². The Morgan fingerprint density at radius 2 is 2.24 bits per heavy atom. The molecule has 1 N–H and O–H groups in total. The van der Waals surface area contributed by atoms with Crippen LogP contribution in [0.1, 0.15) is 29.0 Å². The van der Waals surface area contributed by atoms with E-state index in [0.717, 1.165) is 5.69 Å². The Bertz CT molecular complexity index is 474. The largest absolute Gasteiger partial charge is 0.481 e. The maximum atomic E-state index is 11.3. The van der Waals surface area contributed by atoms with Crippen molar-refractivity contribution in [2.75, 3.05) is 7.11 Å². The number of carbonyl (C=O) groups is 2. The summed E-state index contributed by atoms with van der Waals surface area (Å²) >= 11 is 0. The van der Waals surface area contributed by atoms with E-state index in [1.807, 2.05) is 0 Å². The van der Waals surface area contributed by atoms with Crippen molar-refractivity contribution in [2.45, 2.75) is 19.3 Å². The van der Waals surface area contributed by atoms with Gasteiger partial charge in [-0.2, -0.15) is 5.10 Å². The number of aromatic nitrogens is 2. The van der Waals surface area contributed by atoms with Crippen molar-refractivity contribution in [2.24, 2.45) is 12.5 Å². The zero-order valence-corrected chi connectivity index (χ0v) is 9.77. The molecule has 0 aromatic carbocycles. The van der Waals surface area contributed by atoms with E-state index < -0.39 is 17.4 Å². The maximum absolute atomic E-state index is 11.3. The lowest BCUT2D eigenvalue weighted by molar-refractivity contribution is -0.143. The molecule has 1 heterocycles. The zero-order chi connectivity index (χ0) is 12.6. The molecule has 1 aromatic heterocycles. The van der Waals surface area contributed by atoms with Gasteiger partial charge in [-0.3, -0.25) is 9.48 Å². The predicted molar refractivity (Wildman–Crippen MR) is 57.6 cm³/mol. The lowest BCUT2D eigenvalue weighted by atomic mass is 10.0. The average Bonchev–Trinajstić information content (AvgIpc) is 2.98. The molecule has 1 aliphatic carbocycles. The average molecular weight is 238 g/mol. The summed E-state index contributed by atoms with van der Waals surface area (Å²) in [5.74, 6) is -1.29. The van der Waals surface area contributed by atoms with Crippen LogP contribution in [0.15, 0.2) is 6.07 Å². The van der Waals surface area contributed by atoms with E-state index in [1.54, 1.807) is 13.1 Å². The highest BCUT2D eigenvalue weighted by molar-refractivity contribution is 5.87. The van der Waals surface area contributed by atoms with Crippen LogP contribution >= 0.6 is 0 Å². The summed E-state index contributed by atoms with van der Waals surface area (Å²) in [4.78, 5) is 22.4. The molecular weight excluding hydrogens is 224 g/mol. The molecule has 1 fully saturated rings.